The van der Waals surface area contributed by atoms with Gasteiger partial charge < -0.3 is 9.47 Å². The van der Waals surface area contributed by atoms with Gasteiger partial charge >= 0.3 is 0 Å². The highest BCUT2D eigenvalue weighted by molar-refractivity contribution is 7.92. The number of Topliss-reactive ketones (excluding diaryl/α,β-unsaturated/α-hetero) is 1. The van der Waals surface area contributed by atoms with Crippen molar-refractivity contribution in [2.45, 2.75) is 43.8 Å². The molecule has 108 valence electrons. The maximum Gasteiger partial charge on any atom is 0.252 e. The predicted molar refractivity (Wildman–Crippen MR) is 66.8 cm³/mol. The molecule has 6 nitrogen and oxygen atoms in total. The molecular formula is C12H19NO5S. The number of ether oxygens (including phenoxy) is 2. The summed E-state index contributed by atoms with van der Waals surface area (Å²) in [5, 5.41) is 0. The van der Waals surface area contributed by atoms with Crippen molar-refractivity contribution in [1.82, 2.24) is 4.72 Å². The van der Waals surface area contributed by atoms with Crippen molar-refractivity contribution in [2.24, 2.45) is 10.8 Å². The van der Waals surface area contributed by atoms with Crippen molar-refractivity contribution in [3.05, 3.63) is 0 Å². The van der Waals surface area contributed by atoms with Crippen LogP contribution in [0.15, 0.2) is 0 Å². The van der Waals surface area contributed by atoms with Gasteiger partial charge in [0.2, 0.25) is 10.0 Å². The fourth-order valence-corrected chi connectivity index (χ4v) is 7.48. The van der Waals surface area contributed by atoms with E-state index in [1.165, 1.54) is 14.2 Å². The van der Waals surface area contributed by atoms with Gasteiger partial charge in [0.05, 0.1) is 6.04 Å². The highest BCUT2D eigenvalue weighted by atomic mass is 32.2. The molecule has 19 heavy (non-hydrogen) atoms. The number of rotatable bonds is 2. The average Bonchev–Trinajstić information content (AvgIpc) is 2.53. The first kappa shape index (κ1) is 13.5. The summed E-state index contributed by atoms with van der Waals surface area (Å²) in [5.41, 5.74) is -1.53. The van der Waals surface area contributed by atoms with Crippen LogP contribution in [0.25, 0.3) is 0 Å². The lowest BCUT2D eigenvalue weighted by Crippen LogP contribution is -2.83. The minimum atomic E-state index is -3.66. The Kier molecular flexibility index (Phi) is 2.17. The quantitative estimate of drug-likeness (QED) is 0.726. The Balaban J connectivity index is 2.41. The zero-order valence-electron chi connectivity index (χ0n) is 11.7. The van der Waals surface area contributed by atoms with Gasteiger partial charge in [-0.3, -0.25) is 4.79 Å². The lowest BCUT2D eigenvalue weighted by Gasteiger charge is -2.55. The number of methoxy groups -OCH3 is 2. The van der Waals surface area contributed by atoms with Gasteiger partial charge in [-0.1, -0.05) is 20.8 Å². The van der Waals surface area contributed by atoms with Crippen LogP contribution in [-0.4, -0.2) is 45.0 Å². The fourth-order valence-electron chi connectivity index (χ4n) is 4.82. The lowest BCUT2D eigenvalue weighted by atomic mass is 9.70. The molecule has 0 aromatic rings. The van der Waals surface area contributed by atoms with Gasteiger partial charge in [0.25, 0.3) is 5.79 Å². The second-order valence-corrected chi connectivity index (χ2v) is 8.31. The van der Waals surface area contributed by atoms with Crippen molar-refractivity contribution in [3.8, 4) is 0 Å². The number of carbonyl (C=O) groups is 1. The number of fused-ring (bicyclic) bond motifs is 1. The second-order valence-electron chi connectivity index (χ2n) is 6.42. The molecule has 0 aromatic carbocycles. The SMILES string of the molecule is COC1(OC)C(=O)C2(C)CC3NS(=O)(=O)C31C2(C)C. The molecule has 1 saturated heterocycles. The summed E-state index contributed by atoms with van der Waals surface area (Å²) in [7, 11) is -0.991. The largest absolute Gasteiger partial charge is 0.346 e. The molecule has 7 heteroatoms. The molecule has 2 bridgehead atoms. The Labute approximate surface area is 112 Å². The lowest BCUT2D eigenvalue weighted by molar-refractivity contribution is -0.229. The second kappa shape index (κ2) is 3.05. The third kappa shape index (κ3) is 0.870. The van der Waals surface area contributed by atoms with E-state index in [4.69, 9.17) is 9.47 Å². The summed E-state index contributed by atoms with van der Waals surface area (Å²) in [6.45, 7) is 5.46. The third-order valence-electron chi connectivity index (χ3n) is 6.00. The molecule has 0 radical (unpaired) electrons. The monoisotopic (exact) mass is 289 g/mol. The van der Waals surface area contributed by atoms with Crippen LogP contribution in [0.3, 0.4) is 0 Å². The molecular weight excluding hydrogens is 270 g/mol. The highest BCUT2D eigenvalue weighted by Gasteiger charge is 2.94. The van der Waals surface area contributed by atoms with E-state index in [0.29, 0.717) is 6.42 Å². The zero-order chi connectivity index (χ0) is 14.5. The molecule has 1 spiro atoms. The standard InChI is InChI=1S/C12H19NO5S/c1-9(2)10(3)6-7-11(9,19(15,16)13-7)12(17-4,18-5)8(10)14/h7,13H,6H2,1-5H3. The number of nitrogens with one attached hydrogen (secondary N) is 1. The van der Waals surface area contributed by atoms with Crippen LogP contribution < -0.4 is 4.72 Å². The average molecular weight is 289 g/mol. The van der Waals surface area contributed by atoms with Crippen molar-refractivity contribution in [3.63, 3.8) is 0 Å². The Morgan fingerprint density at radius 1 is 1.21 bits per heavy atom. The first-order chi connectivity index (χ1) is 8.59. The van der Waals surface area contributed by atoms with Gasteiger partial charge in [-0.25, -0.2) is 13.1 Å². The van der Waals surface area contributed by atoms with Gasteiger partial charge in [-0.15, -0.1) is 0 Å². The summed E-state index contributed by atoms with van der Waals surface area (Å²) < 4.78 is 37.0. The Bertz CT molecular complexity index is 579. The van der Waals surface area contributed by atoms with Crippen LogP contribution in [0.2, 0.25) is 0 Å². The first-order valence-electron chi connectivity index (χ1n) is 6.26. The molecule has 1 aliphatic heterocycles. The van der Waals surface area contributed by atoms with E-state index in [9.17, 15) is 13.2 Å². The van der Waals surface area contributed by atoms with Crippen LogP contribution in [0.1, 0.15) is 27.2 Å². The van der Waals surface area contributed by atoms with Gasteiger partial charge in [0.15, 0.2) is 10.5 Å². The third-order valence-corrected chi connectivity index (χ3v) is 8.50. The van der Waals surface area contributed by atoms with E-state index >= 15 is 0 Å². The summed E-state index contributed by atoms with van der Waals surface area (Å²) in [5.74, 6) is -1.98. The molecule has 3 atom stereocenters. The topological polar surface area (TPSA) is 81.7 Å². The zero-order valence-corrected chi connectivity index (χ0v) is 12.6. The molecule has 0 amide bonds. The van der Waals surface area contributed by atoms with Crippen molar-refractivity contribution in [1.29, 1.82) is 0 Å². The molecule has 2 saturated carbocycles. The molecule has 0 aromatic heterocycles. The van der Waals surface area contributed by atoms with E-state index in [1.54, 1.807) is 0 Å². The Hall–Kier alpha value is -0.500. The van der Waals surface area contributed by atoms with Gasteiger partial charge in [0, 0.05) is 25.0 Å². The maximum atomic E-state index is 12.8. The van der Waals surface area contributed by atoms with Crippen LogP contribution in [0.4, 0.5) is 0 Å². The van der Waals surface area contributed by atoms with Crippen LogP contribution in [0, 0.1) is 10.8 Å². The van der Waals surface area contributed by atoms with E-state index in [2.05, 4.69) is 4.72 Å². The highest BCUT2D eigenvalue weighted by Crippen LogP contribution is 2.75. The summed E-state index contributed by atoms with van der Waals surface area (Å²) in [6.07, 6.45) is 0.493. The predicted octanol–water partition coefficient (Wildman–Crippen LogP) is 0.0348. The van der Waals surface area contributed by atoms with E-state index in [-0.39, 0.29) is 11.8 Å². The molecule has 1 heterocycles. The molecule has 3 aliphatic rings. The van der Waals surface area contributed by atoms with E-state index < -0.39 is 31.4 Å². The summed E-state index contributed by atoms with van der Waals surface area (Å²) in [6, 6.07) is -0.310. The molecule has 3 fully saturated rings. The Morgan fingerprint density at radius 3 is 2.11 bits per heavy atom. The fraction of sp³-hybridized carbons (Fsp3) is 0.917. The van der Waals surface area contributed by atoms with Crippen LogP contribution in [-0.2, 0) is 24.3 Å². The van der Waals surface area contributed by atoms with Crippen molar-refractivity contribution >= 4 is 15.8 Å². The molecule has 3 unspecified atom stereocenters. The number of carbonyl (C=O) groups excluding carboxylic acids is 1. The molecule has 2 aliphatic carbocycles. The number of hydrogen-bond donors (Lipinski definition) is 1. The number of sulfonamides is 1. The van der Waals surface area contributed by atoms with Crippen molar-refractivity contribution < 1.29 is 22.7 Å². The minimum absolute atomic E-state index is 0.267. The first-order valence-corrected chi connectivity index (χ1v) is 7.74. The summed E-state index contributed by atoms with van der Waals surface area (Å²) in [4.78, 5) is 12.8. The van der Waals surface area contributed by atoms with Gasteiger partial charge in [0.1, 0.15) is 0 Å². The molecule has 1 N–H and O–H groups in total. The van der Waals surface area contributed by atoms with Gasteiger partial charge in [-0.05, 0) is 6.42 Å². The number of ketones is 1. The van der Waals surface area contributed by atoms with E-state index in [1.807, 2.05) is 20.8 Å². The van der Waals surface area contributed by atoms with Gasteiger partial charge in [-0.2, -0.15) is 0 Å². The van der Waals surface area contributed by atoms with Crippen molar-refractivity contribution in [2.75, 3.05) is 14.2 Å². The smallest absolute Gasteiger partial charge is 0.252 e. The normalized spacial score (nSPS) is 47.8. The van der Waals surface area contributed by atoms with E-state index in [0.717, 1.165) is 0 Å². The van der Waals surface area contributed by atoms with Crippen LogP contribution >= 0.6 is 0 Å². The number of hydrogen-bond acceptors (Lipinski definition) is 5. The minimum Gasteiger partial charge on any atom is -0.346 e. The Morgan fingerprint density at radius 2 is 1.74 bits per heavy atom. The summed E-state index contributed by atoms with van der Waals surface area (Å²) >= 11 is 0. The van der Waals surface area contributed by atoms with Crippen LogP contribution in [0.5, 0.6) is 0 Å². The maximum absolute atomic E-state index is 12.8. The molecule has 3 rings (SSSR count).